The van der Waals surface area contributed by atoms with E-state index in [9.17, 15) is 9.59 Å². The second kappa shape index (κ2) is 8.37. The van der Waals surface area contributed by atoms with Crippen LogP contribution in [-0.4, -0.2) is 32.0 Å². The number of amides is 3. The predicted octanol–water partition coefficient (Wildman–Crippen LogP) is 3.11. The molecule has 0 spiro atoms. The van der Waals surface area contributed by atoms with Crippen molar-refractivity contribution in [1.29, 1.82) is 0 Å². The number of nitrogens with two attached hydrogens (primary N) is 1. The van der Waals surface area contributed by atoms with Crippen LogP contribution < -0.4 is 11.1 Å². The fraction of sp³-hybridized carbons (Fsp3) is 0.200. The van der Waals surface area contributed by atoms with E-state index in [1.165, 1.54) is 0 Å². The van der Waals surface area contributed by atoms with Crippen molar-refractivity contribution in [3.05, 3.63) is 40.9 Å². The van der Waals surface area contributed by atoms with Gasteiger partial charge in [0.2, 0.25) is 5.91 Å². The molecule has 0 fully saturated rings. The number of halogens is 2. The van der Waals surface area contributed by atoms with Crippen LogP contribution in [0.4, 0.5) is 4.79 Å². The highest BCUT2D eigenvalue weighted by molar-refractivity contribution is 8.00. The number of carbonyl (C=O) groups excluding carboxylic acids is 2. The predicted molar refractivity (Wildman–Crippen MR) is 98.7 cm³/mol. The van der Waals surface area contributed by atoms with Gasteiger partial charge in [0.05, 0.1) is 10.3 Å². The van der Waals surface area contributed by atoms with Crippen molar-refractivity contribution in [3.63, 3.8) is 0 Å². The average molecular weight is 400 g/mol. The highest BCUT2D eigenvalue weighted by Gasteiger charge is 2.22. The Bertz CT molecular complexity index is 824. The molecule has 0 aliphatic carbocycles. The maximum absolute atomic E-state index is 11.8. The monoisotopic (exact) mass is 399 g/mol. The molecule has 25 heavy (non-hydrogen) atoms. The SMILES string of the molecule is C=CCn1c(S[C@@H](C)C(=O)NC(N)=O)nnc1-c1ccc(Cl)cc1Cl. The number of thioether (sulfide) groups is 1. The van der Waals surface area contributed by atoms with Crippen LogP contribution in [-0.2, 0) is 11.3 Å². The van der Waals surface area contributed by atoms with Gasteiger partial charge in [-0.05, 0) is 25.1 Å². The minimum absolute atomic E-state index is 0.410. The molecule has 0 saturated carbocycles. The van der Waals surface area contributed by atoms with Gasteiger partial charge in [-0.2, -0.15) is 0 Å². The van der Waals surface area contributed by atoms with Gasteiger partial charge in [0, 0.05) is 17.1 Å². The molecule has 0 saturated heterocycles. The van der Waals surface area contributed by atoms with Crippen LogP contribution in [0.3, 0.4) is 0 Å². The lowest BCUT2D eigenvalue weighted by atomic mass is 10.2. The maximum atomic E-state index is 11.8. The third kappa shape index (κ3) is 4.75. The molecular formula is C15H15Cl2N5O2S. The molecule has 0 aliphatic rings. The maximum Gasteiger partial charge on any atom is 0.318 e. The van der Waals surface area contributed by atoms with Gasteiger partial charge >= 0.3 is 6.03 Å². The number of hydrogen-bond donors (Lipinski definition) is 2. The number of urea groups is 1. The second-order valence-electron chi connectivity index (χ2n) is 4.94. The zero-order valence-corrected chi connectivity index (χ0v) is 15.5. The van der Waals surface area contributed by atoms with Crippen molar-refractivity contribution in [3.8, 4) is 11.4 Å². The van der Waals surface area contributed by atoms with Gasteiger partial charge < -0.3 is 5.73 Å². The van der Waals surface area contributed by atoms with E-state index in [0.717, 1.165) is 11.8 Å². The molecule has 10 heteroatoms. The summed E-state index contributed by atoms with van der Waals surface area (Å²) in [4.78, 5) is 22.6. The van der Waals surface area contributed by atoms with Crippen molar-refractivity contribution in [2.24, 2.45) is 5.73 Å². The van der Waals surface area contributed by atoms with Gasteiger partial charge in [0.1, 0.15) is 0 Å². The Hall–Kier alpha value is -2.03. The number of carbonyl (C=O) groups is 2. The molecule has 3 N–H and O–H groups in total. The Morgan fingerprint density at radius 1 is 1.44 bits per heavy atom. The molecule has 1 heterocycles. The van der Waals surface area contributed by atoms with E-state index < -0.39 is 17.2 Å². The molecule has 1 atom stereocenters. The number of hydrogen-bond acceptors (Lipinski definition) is 5. The van der Waals surface area contributed by atoms with Crippen molar-refractivity contribution in [2.45, 2.75) is 23.9 Å². The van der Waals surface area contributed by atoms with Crippen molar-refractivity contribution in [1.82, 2.24) is 20.1 Å². The van der Waals surface area contributed by atoms with Crippen molar-refractivity contribution >= 4 is 46.9 Å². The first-order valence-electron chi connectivity index (χ1n) is 7.10. The number of primary amides is 1. The summed E-state index contributed by atoms with van der Waals surface area (Å²) in [6, 6.07) is 4.15. The Labute approximate surface area is 158 Å². The van der Waals surface area contributed by atoms with E-state index >= 15 is 0 Å². The van der Waals surface area contributed by atoms with Crippen LogP contribution in [0.1, 0.15) is 6.92 Å². The van der Waals surface area contributed by atoms with Gasteiger partial charge in [-0.1, -0.05) is 41.0 Å². The molecule has 0 radical (unpaired) electrons. The lowest BCUT2D eigenvalue weighted by Crippen LogP contribution is -2.39. The zero-order valence-electron chi connectivity index (χ0n) is 13.2. The number of benzene rings is 1. The molecule has 2 aromatic rings. The minimum Gasteiger partial charge on any atom is -0.351 e. The first-order valence-corrected chi connectivity index (χ1v) is 8.73. The topological polar surface area (TPSA) is 103 Å². The Morgan fingerprint density at radius 2 is 2.16 bits per heavy atom. The van der Waals surface area contributed by atoms with Crippen molar-refractivity contribution in [2.75, 3.05) is 0 Å². The molecule has 1 aromatic heterocycles. The summed E-state index contributed by atoms with van der Waals surface area (Å²) in [7, 11) is 0. The summed E-state index contributed by atoms with van der Waals surface area (Å²) in [5.74, 6) is 0.00306. The van der Waals surface area contributed by atoms with Crippen LogP contribution in [0.25, 0.3) is 11.4 Å². The van der Waals surface area contributed by atoms with Crippen LogP contribution >= 0.6 is 35.0 Å². The van der Waals surface area contributed by atoms with Gasteiger partial charge in [-0.15, -0.1) is 16.8 Å². The van der Waals surface area contributed by atoms with Gasteiger partial charge in [0.15, 0.2) is 11.0 Å². The largest absolute Gasteiger partial charge is 0.351 e. The van der Waals surface area contributed by atoms with Crippen LogP contribution in [0.5, 0.6) is 0 Å². The molecule has 132 valence electrons. The fourth-order valence-electron chi connectivity index (χ4n) is 1.97. The van der Waals surface area contributed by atoms with E-state index in [4.69, 9.17) is 28.9 Å². The summed E-state index contributed by atoms with van der Waals surface area (Å²) in [6.45, 7) is 5.76. The summed E-state index contributed by atoms with van der Waals surface area (Å²) < 4.78 is 1.76. The third-order valence-electron chi connectivity index (χ3n) is 3.10. The lowest BCUT2D eigenvalue weighted by Gasteiger charge is -2.12. The normalized spacial score (nSPS) is 11.8. The molecule has 0 unspecified atom stereocenters. The minimum atomic E-state index is -0.904. The van der Waals surface area contributed by atoms with E-state index in [2.05, 4.69) is 16.8 Å². The van der Waals surface area contributed by atoms with Crippen LogP contribution in [0.2, 0.25) is 10.0 Å². The number of rotatable bonds is 6. The number of aromatic nitrogens is 3. The molecule has 2 rings (SSSR count). The van der Waals surface area contributed by atoms with Crippen LogP contribution in [0, 0.1) is 0 Å². The number of nitrogens with zero attached hydrogens (tertiary/aromatic N) is 3. The number of allylic oxidation sites excluding steroid dienone is 1. The smallest absolute Gasteiger partial charge is 0.318 e. The highest BCUT2D eigenvalue weighted by Crippen LogP contribution is 2.32. The highest BCUT2D eigenvalue weighted by atomic mass is 35.5. The lowest BCUT2D eigenvalue weighted by molar-refractivity contribution is -0.119. The Kier molecular flexibility index (Phi) is 6.46. The van der Waals surface area contributed by atoms with E-state index in [-0.39, 0.29) is 0 Å². The molecule has 0 aliphatic heterocycles. The quantitative estimate of drug-likeness (QED) is 0.573. The van der Waals surface area contributed by atoms with Gasteiger partial charge in [-0.3, -0.25) is 14.7 Å². The average Bonchev–Trinajstić information content (AvgIpc) is 2.90. The molecule has 7 nitrogen and oxygen atoms in total. The second-order valence-corrected chi connectivity index (χ2v) is 7.09. The number of imide groups is 1. The Morgan fingerprint density at radius 3 is 2.76 bits per heavy atom. The first-order chi connectivity index (χ1) is 11.8. The van der Waals surface area contributed by atoms with Crippen molar-refractivity contribution < 1.29 is 9.59 Å². The summed E-state index contributed by atoms with van der Waals surface area (Å²) >= 11 is 13.3. The van der Waals surface area contributed by atoms with E-state index in [1.54, 1.807) is 35.8 Å². The zero-order chi connectivity index (χ0) is 18.6. The molecular weight excluding hydrogens is 385 g/mol. The van der Waals surface area contributed by atoms with Gasteiger partial charge in [0.25, 0.3) is 0 Å². The Balaban J connectivity index is 2.34. The molecule has 0 bridgehead atoms. The first kappa shape index (κ1) is 19.3. The van der Waals surface area contributed by atoms with E-state index in [0.29, 0.717) is 33.1 Å². The van der Waals surface area contributed by atoms with Crippen LogP contribution in [0.15, 0.2) is 36.0 Å². The summed E-state index contributed by atoms with van der Waals surface area (Å²) in [5.41, 5.74) is 5.61. The van der Waals surface area contributed by atoms with Gasteiger partial charge in [-0.25, -0.2) is 4.79 Å². The van der Waals surface area contributed by atoms with E-state index in [1.807, 2.05) is 5.32 Å². The fourth-order valence-corrected chi connectivity index (χ4v) is 3.33. The molecule has 3 amide bonds. The number of nitrogens with one attached hydrogen (secondary N) is 1. The summed E-state index contributed by atoms with van der Waals surface area (Å²) in [5, 5.41) is 11.1. The molecule has 1 aromatic carbocycles. The standard InChI is InChI=1S/C15H15Cl2N5O2S/c1-3-6-22-12(10-5-4-9(16)7-11(10)17)20-21-15(22)25-8(2)13(23)19-14(18)24/h3-5,7-8H,1,6H2,2H3,(H3,18,19,23,24)/t8-/m0/s1. The third-order valence-corrected chi connectivity index (χ3v) is 4.73. The summed E-state index contributed by atoms with van der Waals surface area (Å²) in [6.07, 6.45) is 1.68.